The number of rotatable bonds is 2. The number of fused-ring (bicyclic) bond motifs is 3. The molecule has 1 aliphatic heterocycles. The number of aromatic nitrogens is 3. The molecule has 0 fully saturated rings. The molecule has 0 N–H and O–H groups in total. The van der Waals surface area contributed by atoms with Crippen molar-refractivity contribution in [3.63, 3.8) is 0 Å². The van der Waals surface area contributed by atoms with E-state index in [1.165, 1.54) is 17.8 Å². The van der Waals surface area contributed by atoms with Gasteiger partial charge in [0.05, 0.1) is 16.4 Å². The molecular formula is C10H8N4O2S2. The van der Waals surface area contributed by atoms with Crippen LogP contribution in [0.4, 0.5) is 5.69 Å². The van der Waals surface area contributed by atoms with Crippen LogP contribution in [0.2, 0.25) is 0 Å². The second kappa shape index (κ2) is 4.29. The van der Waals surface area contributed by atoms with Gasteiger partial charge in [0.2, 0.25) is 0 Å². The Morgan fingerprint density at radius 1 is 1.50 bits per heavy atom. The molecule has 0 spiro atoms. The van der Waals surface area contributed by atoms with Crippen LogP contribution in [0.3, 0.4) is 0 Å². The Hall–Kier alpha value is -1.54. The first-order valence-corrected chi connectivity index (χ1v) is 7.31. The highest BCUT2D eigenvalue weighted by Gasteiger charge is 2.23. The maximum absolute atomic E-state index is 10.8. The van der Waals surface area contributed by atoms with Crippen LogP contribution in [0.15, 0.2) is 28.3 Å². The molecule has 92 valence electrons. The standard InChI is InChI=1S/C10H8N4O2S2/c1-17-10-12-11-9-5-18-8-4-6(14(15)16)2-3-7(8)13(9)10/h2-4H,5H2,1H3. The molecule has 1 aromatic heterocycles. The Bertz CT molecular complexity index is 627. The van der Waals surface area contributed by atoms with Gasteiger partial charge >= 0.3 is 0 Å². The van der Waals surface area contributed by atoms with Gasteiger partial charge in [0, 0.05) is 17.0 Å². The van der Waals surface area contributed by atoms with Crippen molar-refractivity contribution in [2.24, 2.45) is 0 Å². The fourth-order valence-corrected chi connectivity index (χ4v) is 3.32. The van der Waals surface area contributed by atoms with Gasteiger partial charge in [-0.3, -0.25) is 14.7 Å². The topological polar surface area (TPSA) is 73.8 Å². The van der Waals surface area contributed by atoms with E-state index in [9.17, 15) is 10.1 Å². The van der Waals surface area contributed by atoms with E-state index in [-0.39, 0.29) is 10.6 Å². The van der Waals surface area contributed by atoms with Gasteiger partial charge in [-0.15, -0.1) is 22.0 Å². The number of nitro groups is 1. The zero-order chi connectivity index (χ0) is 12.7. The smallest absolute Gasteiger partial charge is 0.270 e. The Labute approximate surface area is 111 Å². The molecule has 0 unspecified atom stereocenters. The van der Waals surface area contributed by atoms with Crippen LogP contribution in [-0.2, 0) is 5.75 Å². The average molecular weight is 280 g/mol. The normalized spacial score (nSPS) is 12.9. The van der Waals surface area contributed by atoms with Gasteiger partial charge < -0.3 is 0 Å². The van der Waals surface area contributed by atoms with Crippen LogP contribution in [0.1, 0.15) is 5.82 Å². The van der Waals surface area contributed by atoms with E-state index < -0.39 is 0 Å². The number of hydrogen-bond donors (Lipinski definition) is 0. The van der Waals surface area contributed by atoms with Gasteiger partial charge in [0.25, 0.3) is 5.69 Å². The molecule has 2 aromatic rings. The third kappa shape index (κ3) is 1.68. The predicted octanol–water partition coefficient (Wildman–Crippen LogP) is 2.50. The Morgan fingerprint density at radius 3 is 3.06 bits per heavy atom. The molecule has 0 saturated heterocycles. The van der Waals surface area contributed by atoms with Gasteiger partial charge in [-0.2, -0.15) is 0 Å². The van der Waals surface area contributed by atoms with E-state index in [4.69, 9.17) is 0 Å². The molecule has 2 heterocycles. The zero-order valence-corrected chi connectivity index (χ0v) is 11.0. The average Bonchev–Trinajstić information content (AvgIpc) is 2.81. The number of nitrogens with zero attached hydrogens (tertiary/aromatic N) is 4. The molecule has 1 aromatic carbocycles. The number of nitro benzene ring substituents is 1. The summed E-state index contributed by atoms with van der Waals surface area (Å²) in [5, 5.41) is 19.8. The lowest BCUT2D eigenvalue weighted by molar-refractivity contribution is -0.385. The highest BCUT2D eigenvalue weighted by atomic mass is 32.2. The van der Waals surface area contributed by atoms with E-state index in [0.29, 0.717) is 5.75 Å². The van der Waals surface area contributed by atoms with Crippen LogP contribution in [0.5, 0.6) is 0 Å². The number of benzene rings is 1. The van der Waals surface area contributed by atoms with E-state index in [1.807, 2.05) is 10.8 Å². The quantitative estimate of drug-likeness (QED) is 0.478. The summed E-state index contributed by atoms with van der Waals surface area (Å²) in [7, 11) is 0. The third-order valence-electron chi connectivity index (χ3n) is 2.63. The fourth-order valence-electron chi connectivity index (χ4n) is 1.83. The molecule has 18 heavy (non-hydrogen) atoms. The van der Waals surface area contributed by atoms with E-state index in [0.717, 1.165) is 21.6 Å². The van der Waals surface area contributed by atoms with E-state index >= 15 is 0 Å². The molecule has 0 aliphatic carbocycles. The van der Waals surface area contributed by atoms with E-state index in [1.54, 1.807) is 23.9 Å². The highest BCUT2D eigenvalue weighted by molar-refractivity contribution is 7.99. The van der Waals surface area contributed by atoms with Gasteiger partial charge in [-0.05, 0) is 12.3 Å². The van der Waals surface area contributed by atoms with Crippen molar-refractivity contribution in [3.05, 3.63) is 34.1 Å². The van der Waals surface area contributed by atoms with Crippen molar-refractivity contribution < 1.29 is 4.92 Å². The SMILES string of the molecule is CSc1nnc2n1-c1ccc([N+](=O)[O-])cc1SC2. The van der Waals surface area contributed by atoms with Crippen LogP contribution < -0.4 is 0 Å². The number of non-ortho nitro benzene ring substituents is 1. The van der Waals surface area contributed by atoms with Crippen molar-refractivity contribution in [1.82, 2.24) is 14.8 Å². The van der Waals surface area contributed by atoms with E-state index in [2.05, 4.69) is 10.2 Å². The summed E-state index contributed by atoms with van der Waals surface area (Å²) in [6.07, 6.45) is 1.93. The maximum Gasteiger partial charge on any atom is 0.270 e. The predicted molar refractivity (Wildman–Crippen MR) is 69.4 cm³/mol. The molecule has 3 rings (SSSR count). The zero-order valence-electron chi connectivity index (χ0n) is 9.36. The van der Waals surface area contributed by atoms with Crippen LogP contribution in [0.25, 0.3) is 5.69 Å². The first-order chi connectivity index (χ1) is 8.70. The van der Waals surface area contributed by atoms with Crippen LogP contribution in [-0.4, -0.2) is 25.9 Å². The molecular weight excluding hydrogens is 272 g/mol. The van der Waals surface area contributed by atoms with Crippen molar-refractivity contribution >= 4 is 29.2 Å². The Balaban J connectivity index is 2.18. The summed E-state index contributed by atoms with van der Waals surface area (Å²) in [6, 6.07) is 4.87. The Kier molecular flexibility index (Phi) is 2.75. The molecule has 0 bridgehead atoms. The Morgan fingerprint density at radius 2 is 2.33 bits per heavy atom. The summed E-state index contributed by atoms with van der Waals surface area (Å²) in [4.78, 5) is 11.3. The minimum atomic E-state index is -0.377. The minimum Gasteiger partial charge on any atom is -0.272 e. The highest BCUT2D eigenvalue weighted by Crippen LogP contribution is 2.38. The molecule has 0 radical (unpaired) electrons. The largest absolute Gasteiger partial charge is 0.272 e. The molecule has 6 nitrogen and oxygen atoms in total. The summed E-state index contributed by atoms with van der Waals surface area (Å²) < 4.78 is 1.96. The maximum atomic E-state index is 10.8. The second-order valence-electron chi connectivity index (χ2n) is 3.64. The second-order valence-corrected chi connectivity index (χ2v) is 5.43. The molecule has 8 heteroatoms. The van der Waals surface area contributed by atoms with Gasteiger partial charge in [-0.1, -0.05) is 11.8 Å². The molecule has 0 amide bonds. The monoisotopic (exact) mass is 280 g/mol. The van der Waals surface area contributed by atoms with Crippen LogP contribution in [0, 0.1) is 10.1 Å². The lowest BCUT2D eigenvalue weighted by Gasteiger charge is -2.17. The van der Waals surface area contributed by atoms with Crippen LogP contribution >= 0.6 is 23.5 Å². The lowest BCUT2D eigenvalue weighted by atomic mass is 10.2. The summed E-state index contributed by atoms with van der Waals surface area (Å²) in [5.41, 5.74) is 1.03. The lowest BCUT2D eigenvalue weighted by Crippen LogP contribution is -2.07. The number of thioether (sulfide) groups is 2. The van der Waals surface area contributed by atoms with Gasteiger partial charge in [-0.25, -0.2) is 0 Å². The van der Waals surface area contributed by atoms with Crippen molar-refractivity contribution in [2.45, 2.75) is 15.8 Å². The minimum absolute atomic E-state index is 0.114. The number of hydrogen-bond acceptors (Lipinski definition) is 6. The third-order valence-corrected chi connectivity index (χ3v) is 4.30. The molecule has 0 atom stereocenters. The molecule has 0 saturated carbocycles. The fraction of sp³-hybridized carbons (Fsp3) is 0.200. The van der Waals surface area contributed by atoms with Gasteiger partial charge in [0.1, 0.15) is 5.82 Å². The first-order valence-electron chi connectivity index (χ1n) is 5.10. The summed E-state index contributed by atoms with van der Waals surface area (Å²) in [5.74, 6) is 1.56. The van der Waals surface area contributed by atoms with Crippen molar-refractivity contribution in [2.75, 3.05) is 6.26 Å². The van der Waals surface area contributed by atoms with Crippen molar-refractivity contribution in [1.29, 1.82) is 0 Å². The molecule has 1 aliphatic rings. The van der Waals surface area contributed by atoms with Gasteiger partial charge in [0.15, 0.2) is 5.16 Å². The first kappa shape index (κ1) is 11.5. The van der Waals surface area contributed by atoms with Crippen molar-refractivity contribution in [3.8, 4) is 5.69 Å². The summed E-state index contributed by atoms with van der Waals surface area (Å²) in [6.45, 7) is 0. The summed E-state index contributed by atoms with van der Waals surface area (Å²) >= 11 is 3.06.